The second kappa shape index (κ2) is 11.9. The van der Waals surface area contributed by atoms with Crippen molar-refractivity contribution >= 4 is 35.4 Å². The number of rotatable bonds is 5. The van der Waals surface area contributed by atoms with Gasteiger partial charge in [-0.05, 0) is 50.4 Å². The van der Waals surface area contributed by atoms with Crippen molar-refractivity contribution in [2.24, 2.45) is 10.7 Å². The van der Waals surface area contributed by atoms with Gasteiger partial charge in [-0.2, -0.15) is 0 Å². The van der Waals surface area contributed by atoms with Gasteiger partial charge < -0.3 is 10.5 Å². The number of methoxy groups -OCH3 is 1. The van der Waals surface area contributed by atoms with Crippen molar-refractivity contribution in [3.05, 3.63) is 64.1 Å². The Balaban J connectivity index is 0.000000262. The number of nitrogens with zero attached hydrogens (tertiary/aromatic N) is 3. The van der Waals surface area contributed by atoms with E-state index in [0.29, 0.717) is 22.6 Å². The Hall–Kier alpha value is -2.35. The van der Waals surface area contributed by atoms with Crippen LogP contribution in [0.4, 0.5) is 0 Å². The zero-order valence-electron chi connectivity index (χ0n) is 18.6. The molecule has 0 bridgehead atoms. The third kappa shape index (κ3) is 6.09. The predicted octanol–water partition coefficient (Wildman–Crippen LogP) is 4.32. The molecule has 2 heterocycles. The number of hydrogen-bond donors (Lipinski definition) is 1. The van der Waals surface area contributed by atoms with Crippen LogP contribution in [0.2, 0.25) is 5.02 Å². The van der Waals surface area contributed by atoms with Crippen molar-refractivity contribution in [1.82, 2.24) is 9.88 Å². The zero-order valence-corrected chi connectivity index (χ0v) is 20.1. The van der Waals surface area contributed by atoms with Gasteiger partial charge in [0.25, 0.3) is 0 Å². The number of nitrogens with two attached hydrogens (primary N) is 1. The van der Waals surface area contributed by atoms with Gasteiger partial charge in [-0.1, -0.05) is 17.7 Å². The number of likely N-dealkylation sites (N-methyl/N-ethyl adjacent to an activating group) is 1. The van der Waals surface area contributed by atoms with Crippen molar-refractivity contribution in [2.75, 3.05) is 34.0 Å². The summed E-state index contributed by atoms with van der Waals surface area (Å²) in [4.78, 5) is 22.5. The molecule has 0 saturated heterocycles. The van der Waals surface area contributed by atoms with Gasteiger partial charge in [0.15, 0.2) is 6.29 Å². The first-order chi connectivity index (χ1) is 14.9. The van der Waals surface area contributed by atoms with Crippen molar-refractivity contribution in [2.45, 2.75) is 24.3 Å². The smallest absolute Gasteiger partial charge is 0.151 e. The van der Waals surface area contributed by atoms with Crippen LogP contribution in [0.1, 0.15) is 29.3 Å². The molecule has 1 unspecified atom stereocenters. The molecule has 6 nitrogen and oxygen atoms in total. The summed E-state index contributed by atoms with van der Waals surface area (Å²) in [5.41, 5.74) is 10.9. The molecule has 0 spiro atoms. The van der Waals surface area contributed by atoms with Crippen LogP contribution in [-0.4, -0.2) is 61.9 Å². The Morgan fingerprint density at radius 2 is 2.16 bits per heavy atom. The molecule has 1 aliphatic heterocycles. The summed E-state index contributed by atoms with van der Waals surface area (Å²) >= 11 is 7.44. The summed E-state index contributed by atoms with van der Waals surface area (Å²) in [6.45, 7) is 3.14. The molecule has 0 amide bonds. The van der Waals surface area contributed by atoms with Gasteiger partial charge in [0.2, 0.25) is 0 Å². The SMILES string of the molecule is CN=C(C1=C(N)C(C)N(C)CC1)c1cncc(SC)c1.COc1cccc(C=O)c1Cl. The fourth-order valence-electron chi connectivity index (χ4n) is 3.25. The van der Waals surface area contributed by atoms with E-state index in [-0.39, 0.29) is 6.04 Å². The molecule has 0 fully saturated rings. The van der Waals surface area contributed by atoms with Crippen LogP contribution < -0.4 is 10.5 Å². The van der Waals surface area contributed by atoms with Crippen molar-refractivity contribution in [3.8, 4) is 5.75 Å². The number of aldehydes is 1. The molecule has 2 aromatic rings. The van der Waals surface area contributed by atoms with Gasteiger partial charge in [0.05, 0.1) is 17.8 Å². The number of carbonyl (C=O) groups excluding carboxylic acids is 1. The standard InChI is InChI=1S/C15H22N4S.C8H7ClO2/c1-10-14(16)13(5-6-19(10)3)15(17-2)11-7-12(20-4)9-18-8-11;1-11-7-4-2-3-6(5-10)8(7)9/h7-10H,5-6,16H2,1-4H3;2-5H,1H3. The van der Waals surface area contributed by atoms with E-state index in [1.54, 1.807) is 30.0 Å². The maximum Gasteiger partial charge on any atom is 0.151 e. The highest BCUT2D eigenvalue weighted by molar-refractivity contribution is 7.98. The fraction of sp³-hybridized carbons (Fsp3) is 0.348. The Morgan fingerprint density at radius 1 is 1.42 bits per heavy atom. The molecule has 166 valence electrons. The maximum absolute atomic E-state index is 10.4. The highest BCUT2D eigenvalue weighted by Gasteiger charge is 2.25. The van der Waals surface area contributed by atoms with E-state index in [1.165, 1.54) is 7.11 Å². The lowest BCUT2D eigenvalue weighted by atomic mass is 9.93. The molecule has 0 saturated carbocycles. The van der Waals surface area contributed by atoms with Gasteiger partial charge in [-0.15, -0.1) is 11.8 Å². The number of pyridine rings is 1. The van der Waals surface area contributed by atoms with E-state index in [2.05, 4.69) is 41.2 Å². The lowest BCUT2D eigenvalue weighted by Crippen LogP contribution is -2.40. The maximum atomic E-state index is 10.4. The minimum atomic E-state index is 0.257. The highest BCUT2D eigenvalue weighted by Crippen LogP contribution is 2.26. The van der Waals surface area contributed by atoms with E-state index < -0.39 is 0 Å². The monoisotopic (exact) mass is 460 g/mol. The average molecular weight is 461 g/mol. The second-order valence-corrected chi connectivity index (χ2v) is 8.27. The van der Waals surface area contributed by atoms with Gasteiger partial charge in [0, 0.05) is 53.7 Å². The van der Waals surface area contributed by atoms with E-state index in [0.717, 1.165) is 40.4 Å². The van der Waals surface area contributed by atoms with Crippen molar-refractivity contribution in [3.63, 3.8) is 0 Å². The molecular formula is C23H29ClN4O2S. The largest absolute Gasteiger partial charge is 0.495 e. The van der Waals surface area contributed by atoms with Crippen LogP contribution in [0, 0.1) is 0 Å². The summed E-state index contributed by atoms with van der Waals surface area (Å²) in [6, 6.07) is 7.44. The number of carbonyl (C=O) groups is 1. The first-order valence-corrected chi connectivity index (χ1v) is 11.4. The molecule has 3 rings (SSSR count). The minimum Gasteiger partial charge on any atom is -0.495 e. The van der Waals surface area contributed by atoms with Crippen molar-refractivity contribution < 1.29 is 9.53 Å². The first kappa shape index (κ1) is 24.9. The molecule has 0 radical (unpaired) electrons. The molecule has 1 aromatic carbocycles. The quantitative estimate of drug-likeness (QED) is 0.406. The third-order valence-corrected chi connectivity index (χ3v) is 6.35. The van der Waals surface area contributed by atoms with Gasteiger partial charge >= 0.3 is 0 Å². The summed E-state index contributed by atoms with van der Waals surface area (Å²) < 4.78 is 4.90. The topological polar surface area (TPSA) is 80.8 Å². The molecule has 8 heteroatoms. The summed E-state index contributed by atoms with van der Waals surface area (Å²) in [7, 11) is 5.44. The molecule has 2 N–H and O–H groups in total. The van der Waals surface area contributed by atoms with Crippen LogP contribution in [0.15, 0.2) is 57.8 Å². The van der Waals surface area contributed by atoms with Crippen LogP contribution >= 0.6 is 23.4 Å². The van der Waals surface area contributed by atoms with E-state index in [9.17, 15) is 4.79 Å². The van der Waals surface area contributed by atoms with Crippen LogP contribution in [0.5, 0.6) is 5.75 Å². The average Bonchev–Trinajstić information content (AvgIpc) is 2.80. The molecule has 31 heavy (non-hydrogen) atoms. The Bertz CT molecular complexity index is 978. The normalized spacial score (nSPS) is 17.1. The van der Waals surface area contributed by atoms with Gasteiger partial charge in [-0.25, -0.2) is 0 Å². The lowest BCUT2D eigenvalue weighted by molar-refractivity contribution is 0.112. The lowest BCUT2D eigenvalue weighted by Gasteiger charge is -2.32. The van der Waals surface area contributed by atoms with Gasteiger partial charge in [0.1, 0.15) is 5.75 Å². The van der Waals surface area contributed by atoms with Crippen LogP contribution in [0.3, 0.4) is 0 Å². The minimum absolute atomic E-state index is 0.257. The van der Waals surface area contributed by atoms with Crippen molar-refractivity contribution in [1.29, 1.82) is 0 Å². The molecular weight excluding hydrogens is 432 g/mol. The number of thioether (sulfide) groups is 1. The van der Waals surface area contributed by atoms with Gasteiger partial charge in [-0.3, -0.25) is 19.7 Å². The Kier molecular flexibility index (Phi) is 9.55. The van der Waals surface area contributed by atoms with Crippen LogP contribution in [-0.2, 0) is 0 Å². The van der Waals surface area contributed by atoms with Crippen LogP contribution in [0.25, 0.3) is 0 Å². The fourth-order valence-corrected chi connectivity index (χ4v) is 3.90. The molecule has 1 aliphatic rings. The second-order valence-electron chi connectivity index (χ2n) is 7.01. The third-order valence-electron chi connectivity index (χ3n) is 5.25. The molecule has 1 aromatic heterocycles. The number of halogens is 1. The highest BCUT2D eigenvalue weighted by atomic mass is 35.5. The first-order valence-electron chi connectivity index (χ1n) is 9.80. The number of aromatic nitrogens is 1. The number of benzene rings is 1. The van der Waals surface area contributed by atoms with E-state index >= 15 is 0 Å². The Morgan fingerprint density at radius 3 is 2.77 bits per heavy atom. The number of aliphatic imine (C=N–C) groups is 1. The van der Waals surface area contributed by atoms with E-state index in [1.807, 2.05) is 19.4 Å². The van der Waals surface area contributed by atoms with E-state index in [4.69, 9.17) is 22.1 Å². The predicted molar refractivity (Wildman–Crippen MR) is 130 cm³/mol. The number of ether oxygens (including phenoxy) is 1. The summed E-state index contributed by atoms with van der Waals surface area (Å²) in [5, 5.41) is 0.366. The Labute approximate surface area is 193 Å². The summed E-state index contributed by atoms with van der Waals surface area (Å²) in [5.74, 6) is 0.524. The zero-order chi connectivity index (χ0) is 23.0. The number of hydrogen-bond acceptors (Lipinski definition) is 7. The molecule has 0 aliphatic carbocycles. The molecule has 1 atom stereocenters. The summed E-state index contributed by atoms with van der Waals surface area (Å²) in [6.07, 6.45) is 7.42.